The number of nitrogens with zero attached hydrogens (tertiary/aromatic N) is 3. The van der Waals surface area contributed by atoms with Crippen molar-refractivity contribution in [1.29, 1.82) is 0 Å². The van der Waals surface area contributed by atoms with Crippen LogP contribution in [0, 0.1) is 34.6 Å². The quantitative estimate of drug-likeness (QED) is 0.762. The molecule has 0 atom stereocenters. The van der Waals surface area contributed by atoms with Crippen molar-refractivity contribution < 1.29 is 4.42 Å². The van der Waals surface area contributed by atoms with E-state index in [1.54, 1.807) is 0 Å². The molecule has 4 nitrogen and oxygen atoms in total. The fourth-order valence-electron chi connectivity index (χ4n) is 1.63. The third kappa shape index (κ3) is 3.73. The third-order valence-electron chi connectivity index (χ3n) is 2.54. The van der Waals surface area contributed by atoms with Crippen molar-refractivity contribution in [3.63, 3.8) is 0 Å². The highest BCUT2D eigenvalue weighted by Crippen LogP contribution is 2.05. The summed E-state index contributed by atoms with van der Waals surface area (Å²) in [6, 6.07) is 2.09. The Morgan fingerprint density at radius 1 is 1.18 bits per heavy atom. The van der Waals surface area contributed by atoms with Crippen LogP contribution in [0.5, 0.6) is 0 Å². The largest absolute Gasteiger partial charge is 0.446 e. The van der Waals surface area contributed by atoms with Gasteiger partial charge >= 0.3 is 0 Å². The SMILES string of the molecule is CCn1nc(C)cc1C.Cc1nc(C)c(C)o1. The van der Waals surface area contributed by atoms with Crippen LogP contribution in [-0.4, -0.2) is 14.8 Å². The fourth-order valence-corrected chi connectivity index (χ4v) is 1.63. The van der Waals surface area contributed by atoms with Gasteiger partial charge in [-0.25, -0.2) is 4.98 Å². The Labute approximate surface area is 103 Å². The Kier molecular flexibility index (Phi) is 4.49. The fraction of sp³-hybridized carbons (Fsp3) is 0.538. The molecule has 4 heteroatoms. The van der Waals surface area contributed by atoms with Crippen LogP contribution in [0.25, 0.3) is 0 Å². The Hall–Kier alpha value is -1.58. The maximum atomic E-state index is 5.10. The molecular formula is C13H21N3O. The van der Waals surface area contributed by atoms with Gasteiger partial charge in [0.1, 0.15) is 5.76 Å². The van der Waals surface area contributed by atoms with Crippen LogP contribution in [0.1, 0.15) is 35.7 Å². The highest BCUT2D eigenvalue weighted by atomic mass is 16.4. The summed E-state index contributed by atoms with van der Waals surface area (Å²) in [5.41, 5.74) is 3.34. The number of aryl methyl sites for hydroxylation is 6. The van der Waals surface area contributed by atoms with Gasteiger partial charge in [-0.05, 0) is 40.7 Å². The van der Waals surface area contributed by atoms with Crippen molar-refractivity contribution in [3.8, 4) is 0 Å². The standard InChI is InChI=1S/C7H12N2.C6H9NO/c1-4-9-7(3)5-6(2)8-9;1-4-5(2)8-6(3)7-4/h5H,4H2,1-3H3;1-3H3. The highest BCUT2D eigenvalue weighted by molar-refractivity contribution is 5.06. The summed E-state index contributed by atoms with van der Waals surface area (Å²) in [5.74, 6) is 1.67. The molecule has 0 radical (unpaired) electrons. The van der Waals surface area contributed by atoms with Gasteiger partial charge in [-0.15, -0.1) is 0 Å². The van der Waals surface area contributed by atoms with Crippen LogP contribution in [-0.2, 0) is 6.54 Å². The van der Waals surface area contributed by atoms with E-state index in [1.807, 2.05) is 32.4 Å². The van der Waals surface area contributed by atoms with E-state index in [0.29, 0.717) is 0 Å². The van der Waals surface area contributed by atoms with E-state index in [1.165, 1.54) is 5.69 Å². The summed E-state index contributed by atoms with van der Waals surface area (Å²) in [4.78, 5) is 4.04. The smallest absolute Gasteiger partial charge is 0.191 e. The van der Waals surface area contributed by atoms with E-state index >= 15 is 0 Å². The lowest BCUT2D eigenvalue weighted by molar-refractivity contribution is 0.493. The molecular weight excluding hydrogens is 214 g/mol. The molecule has 0 aliphatic carbocycles. The van der Waals surface area contributed by atoms with E-state index in [-0.39, 0.29) is 0 Å². The Morgan fingerprint density at radius 3 is 2.00 bits per heavy atom. The molecule has 0 aromatic carbocycles. The second-order valence-electron chi connectivity index (χ2n) is 4.12. The summed E-state index contributed by atoms with van der Waals surface area (Å²) in [7, 11) is 0. The number of rotatable bonds is 1. The van der Waals surface area contributed by atoms with Crippen LogP contribution in [0.4, 0.5) is 0 Å². The molecule has 2 aromatic rings. The van der Waals surface area contributed by atoms with Gasteiger partial charge in [-0.2, -0.15) is 5.10 Å². The molecule has 17 heavy (non-hydrogen) atoms. The summed E-state index contributed by atoms with van der Waals surface area (Å²) >= 11 is 0. The van der Waals surface area contributed by atoms with E-state index in [9.17, 15) is 0 Å². The molecule has 2 aromatic heterocycles. The van der Waals surface area contributed by atoms with Crippen LogP contribution in [0.3, 0.4) is 0 Å². The zero-order valence-electron chi connectivity index (χ0n) is 11.5. The zero-order chi connectivity index (χ0) is 13.0. The molecule has 2 heterocycles. The first kappa shape index (κ1) is 13.5. The maximum absolute atomic E-state index is 5.10. The van der Waals surface area contributed by atoms with Crippen molar-refractivity contribution in [2.24, 2.45) is 0 Å². The van der Waals surface area contributed by atoms with Crippen LogP contribution in [0.15, 0.2) is 10.5 Å². The van der Waals surface area contributed by atoms with Gasteiger partial charge in [0.05, 0.1) is 11.4 Å². The van der Waals surface area contributed by atoms with Gasteiger partial charge in [0.15, 0.2) is 5.89 Å². The minimum atomic E-state index is 0.750. The van der Waals surface area contributed by atoms with E-state index in [2.05, 4.69) is 30.0 Å². The Morgan fingerprint density at radius 2 is 1.82 bits per heavy atom. The monoisotopic (exact) mass is 235 g/mol. The van der Waals surface area contributed by atoms with Gasteiger partial charge in [0, 0.05) is 19.2 Å². The molecule has 2 rings (SSSR count). The lowest BCUT2D eigenvalue weighted by Crippen LogP contribution is -1.97. The van der Waals surface area contributed by atoms with Crippen molar-refractivity contribution in [3.05, 3.63) is 34.8 Å². The summed E-state index contributed by atoms with van der Waals surface area (Å²) in [6.07, 6.45) is 0. The third-order valence-corrected chi connectivity index (χ3v) is 2.54. The molecule has 0 unspecified atom stereocenters. The van der Waals surface area contributed by atoms with E-state index in [0.717, 1.165) is 29.6 Å². The summed E-state index contributed by atoms with van der Waals surface area (Å²) in [6.45, 7) is 12.9. The molecule has 0 aliphatic rings. The molecule has 0 N–H and O–H groups in total. The lowest BCUT2D eigenvalue weighted by Gasteiger charge is -1.95. The first-order valence-electron chi connectivity index (χ1n) is 5.85. The minimum Gasteiger partial charge on any atom is -0.446 e. The van der Waals surface area contributed by atoms with Crippen LogP contribution >= 0.6 is 0 Å². The molecule has 0 spiro atoms. The van der Waals surface area contributed by atoms with Crippen molar-refractivity contribution >= 4 is 0 Å². The van der Waals surface area contributed by atoms with Crippen molar-refractivity contribution in [2.75, 3.05) is 0 Å². The number of aromatic nitrogens is 3. The number of hydrogen-bond acceptors (Lipinski definition) is 3. The molecule has 0 saturated heterocycles. The predicted octanol–water partition coefficient (Wildman–Crippen LogP) is 3.12. The van der Waals surface area contributed by atoms with Gasteiger partial charge in [-0.3, -0.25) is 4.68 Å². The number of oxazole rings is 1. The first-order valence-corrected chi connectivity index (χ1v) is 5.85. The average molecular weight is 235 g/mol. The van der Waals surface area contributed by atoms with Crippen molar-refractivity contribution in [2.45, 2.75) is 48.1 Å². The lowest BCUT2D eigenvalue weighted by atomic mass is 10.4. The van der Waals surface area contributed by atoms with E-state index < -0.39 is 0 Å². The highest BCUT2D eigenvalue weighted by Gasteiger charge is 1.97. The molecule has 0 aliphatic heterocycles. The molecule has 0 bridgehead atoms. The van der Waals surface area contributed by atoms with Gasteiger partial charge in [0.25, 0.3) is 0 Å². The first-order chi connectivity index (χ1) is 7.93. The Balaban J connectivity index is 0.000000171. The average Bonchev–Trinajstić information content (AvgIpc) is 2.70. The molecule has 0 saturated carbocycles. The Bertz CT molecular complexity index is 463. The van der Waals surface area contributed by atoms with Gasteiger partial charge < -0.3 is 4.42 Å². The normalized spacial score (nSPS) is 10.0. The summed E-state index contributed by atoms with van der Waals surface area (Å²) in [5, 5.41) is 4.25. The van der Waals surface area contributed by atoms with Gasteiger partial charge in [-0.1, -0.05) is 0 Å². The van der Waals surface area contributed by atoms with Gasteiger partial charge in [0.2, 0.25) is 0 Å². The van der Waals surface area contributed by atoms with E-state index in [4.69, 9.17) is 4.42 Å². The minimum absolute atomic E-state index is 0.750. The molecule has 0 amide bonds. The molecule has 0 fully saturated rings. The zero-order valence-corrected chi connectivity index (χ0v) is 11.5. The van der Waals surface area contributed by atoms with Crippen LogP contribution < -0.4 is 0 Å². The number of hydrogen-bond donors (Lipinski definition) is 0. The maximum Gasteiger partial charge on any atom is 0.191 e. The molecule has 94 valence electrons. The second-order valence-corrected chi connectivity index (χ2v) is 4.12. The van der Waals surface area contributed by atoms with Crippen LogP contribution in [0.2, 0.25) is 0 Å². The summed E-state index contributed by atoms with van der Waals surface area (Å²) < 4.78 is 7.10. The topological polar surface area (TPSA) is 43.9 Å². The second kappa shape index (κ2) is 5.66. The predicted molar refractivity (Wildman–Crippen MR) is 68.1 cm³/mol. The van der Waals surface area contributed by atoms with Crippen molar-refractivity contribution in [1.82, 2.24) is 14.8 Å².